The van der Waals surface area contributed by atoms with Gasteiger partial charge in [0.25, 0.3) is 0 Å². The molecule has 0 N–H and O–H groups in total. The molecule has 34 heavy (non-hydrogen) atoms. The summed E-state index contributed by atoms with van der Waals surface area (Å²) in [5.41, 5.74) is 3.26. The van der Waals surface area contributed by atoms with E-state index in [1.54, 1.807) is 0 Å². The van der Waals surface area contributed by atoms with E-state index in [2.05, 4.69) is 41.4 Å². The van der Waals surface area contributed by atoms with Gasteiger partial charge in [0.05, 0.1) is 27.5 Å². The van der Waals surface area contributed by atoms with Crippen molar-refractivity contribution in [3.05, 3.63) is 76.3 Å². The molecule has 8 heteroatoms. The molecule has 2 aromatic carbocycles. The van der Waals surface area contributed by atoms with Crippen LogP contribution >= 0.6 is 69.6 Å². The van der Waals surface area contributed by atoms with Crippen molar-refractivity contribution in [1.82, 2.24) is 0 Å². The van der Waals surface area contributed by atoms with Crippen LogP contribution < -0.4 is 5.01 Å². The van der Waals surface area contributed by atoms with Crippen LogP contribution in [0.25, 0.3) is 0 Å². The van der Waals surface area contributed by atoms with Crippen molar-refractivity contribution in [2.45, 2.75) is 33.0 Å². The average Bonchev–Trinajstić information content (AvgIpc) is 3.38. The number of hydrogen-bond donors (Lipinski definition) is 0. The van der Waals surface area contributed by atoms with Crippen molar-refractivity contribution in [3.8, 4) is 0 Å². The Labute approximate surface area is 228 Å². The van der Waals surface area contributed by atoms with Crippen LogP contribution in [0.5, 0.6) is 0 Å². The molecule has 0 amide bonds. The smallest absolute Gasteiger partial charge is 0.166 e. The first-order valence-corrected chi connectivity index (χ1v) is 13.8. The zero-order valence-corrected chi connectivity index (χ0v) is 22.3. The van der Waals surface area contributed by atoms with Crippen molar-refractivity contribution < 1.29 is 0 Å². The van der Waals surface area contributed by atoms with Gasteiger partial charge in [-0.05, 0) is 54.2 Å². The molecule has 176 valence electrons. The summed E-state index contributed by atoms with van der Waals surface area (Å²) < 4.78 is -1.51. The Morgan fingerprint density at radius 2 is 1.26 bits per heavy atom. The van der Waals surface area contributed by atoms with E-state index in [-0.39, 0.29) is 35.6 Å². The van der Waals surface area contributed by atoms with Gasteiger partial charge in [0.1, 0.15) is 9.75 Å². The van der Waals surface area contributed by atoms with Crippen molar-refractivity contribution in [1.29, 1.82) is 0 Å². The minimum atomic E-state index is -1.51. The van der Waals surface area contributed by atoms with Crippen molar-refractivity contribution in [3.63, 3.8) is 0 Å². The SMILES string of the molecule is ClC1=C(Cl)[C@]2(Cl)C3C([C@@H]4CC[C@H]3[C@@H]3[C@H]4C(c4ccccc4)=NN3c3ccccc3)[C@@]1(Cl)C2(Cl)Cl. The largest absolute Gasteiger partial charge is 0.261 e. The molecule has 1 heterocycles. The number of benzene rings is 2. The lowest BCUT2D eigenvalue weighted by Crippen LogP contribution is -2.62. The standard InChI is InChI=1S/C26H20Cl6N2/c27-22-23(28)25(30)19-16-12-11-15(18(19)24(22,29)26(25,31)32)17-20(13-7-3-1-4-8-13)33-34(21(16)17)14-9-5-2-6-10-14/h1-10,15-19,21H,11-12H2/t15-,16-,17-,18?,19?,21-,24+,25-/m1/s1. The first-order valence-electron chi connectivity index (χ1n) is 11.5. The van der Waals surface area contributed by atoms with E-state index < -0.39 is 14.1 Å². The van der Waals surface area contributed by atoms with Gasteiger partial charge in [0.2, 0.25) is 0 Å². The molecule has 8 rings (SSSR count). The lowest BCUT2D eigenvalue weighted by molar-refractivity contribution is -0.0131. The molecule has 8 atom stereocenters. The van der Waals surface area contributed by atoms with E-state index in [1.165, 1.54) is 0 Å². The number of allylic oxidation sites excluding steroid dienone is 2. The normalized spacial score (nSPS) is 43.2. The average molecular weight is 573 g/mol. The summed E-state index contributed by atoms with van der Waals surface area (Å²) in [5.74, 6) is 0.277. The van der Waals surface area contributed by atoms with Gasteiger partial charge in [-0.3, -0.25) is 5.01 Å². The molecule has 4 bridgehead atoms. The second kappa shape index (κ2) is 7.24. The van der Waals surface area contributed by atoms with Gasteiger partial charge in [-0.25, -0.2) is 0 Å². The summed E-state index contributed by atoms with van der Waals surface area (Å²) >= 11 is 42.3. The molecule has 2 aromatic rings. The Balaban J connectivity index is 1.44. The highest BCUT2D eigenvalue weighted by molar-refractivity contribution is 6.65. The zero-order valence-electron chi connectivity index (χ0n) is 17.8. The summed E-state index contributed by atoms with van der Waals surface area (Å²) in [4.78, 5) is -2.45. The molecule has 5 aliphatic carbocycles. The van der Waals surface area contributed by atoms with Gasteiger partial charge in [0, 0.05) is 5.92 Å². The minimum Gasteiger partial charge on any atom is -0.261 e. The Kier molecular flexibility index (Phi) is 4.81. The highest BCUT2D eigenvalue weighted by Gasteiger charge is 2.86. The molecule has 2 nitrogen and oxygen atoms in total. The first-order chi connectivity index (χ1) is 16.2. The molecule has 6 aliphatic rings. The van der Waals surface area contributed by atoms with Crippen LogP contribution in [0.3, 0.4) is 0 Å². The van der Waals surface area contributed by atoms with Crippen LogP contribution in [0.15, 0.2) is 75.8 Å². The monoisotopic (exact) mass is 570 g/mol. The van der Waals surface area contributed by atoms with E-state index in [4.69, 9.17) is 74.7 Å². The Hall–Kier alpha value is -0.610. The summed E-state index contributed by atoms with van der Waals surface area (Å²) in [5, 5.41) is 8.04. The van der Waals surface area contributed by atoms with Crippen LogP contribution in [0.4, 0.5) is 5.69 Å². The maximum absolute atomic E-state index is 7.35. The lowest BCUT2D eigenvalue weighted by atomic mass is 9.49. The maximum atomic E-state index is 7.35. The predicted molar refractivity (Wildman–Crippen MR) is 143 cm³/mol. The fourth-order valence-electron chi connectivity index (χ4n) is 7.86. The van der Waals surface area contributed by atoms with Crippen LogP contribution in [0, 0.1) is 29.6 Å². The number of rotatable bonds is 2. The summed E-state index contributed by atoms with van der Waals surface area (Å²) in [6.07, 6.45) is 1.98. The van der Waals surface area contributed by atoms with Gasteiger partial charge in [-0.15, -0.1) is 23.2 Å². The third kappa shape index (κ3) is 2.38. The van der Waals surface area contributed by atoms with Gasteiger partial charge >= 0.3 is 0 Å². The Bertz CT molecular complexity index is 1250. The first kappa shape index (κ1) is 22.6. The summed E-state index contributed by atoms with van der Waals surface area (Å²) in [7, 11) is 0. The summed E-state index contributed by atoms with van der Waals surface area (Å²) in [6, 6.07) is 20.8. The van der Waals surface area contributed by atoms with Crippen molar-refractivity contribution in [2.24, 2.45) is 34.7 Å². The third-order valence-electron chi connectivity index (χ3n) is 8.98. The van der Waals surface area contributed by atoms with Crippen LogP contribution in [-0.4, -0.2) is 25.8 Å². The van der Waals surface area contributed by atoms with Crippen LogP contribution in [-0.2, 0) is 0 Å². The zero-order chi connectivity index (χ0) is 23.6. The highest BCUT2D eigenvalue weighted by Crippen LogP contribution is 2.82. The number of para-hydroxylation sites is 1. The summed E-state index contributed by atoms with van der Waals surface area (Å²) in [6.45, 7) is 0. The molecular formula is C26H20Cl6N2. The van der Waals surface area contributed by atoms with Crippen molar-refractivity contribution >= 4 is 81.0 Å². The van der Waals surface area contributed by atoms with E-state index in [9.17, 15) is 0 Å². The molecule has 4 fully saturated rings. The second-order valence-corrected chi connectivity index (χ2v) is 13.4. The molecule has 0 radical (unpaired) electrons. The van der Waals surface area contributed by atoms with Crippen LogP contribution in [0.1, 0.15) is 18.4 Å². The third-order valence-corrected chi connectivity index (χ3v) is 13.3. The number of hydrazone groups is 1. The molecular weight excluding hydrogens is 553 g/mol. The van der Waals surface area contributed by atoms with Crippen molar-refractivity contribution in [2.75, 3.05) is 5.01 Å². The van der Waals surface area contributed by atoms with E-state index in [1.807, 2.05) is 24.3 Å². The number of hydrogen-bond acceptors (Lipinski definition) is 2. The molecule has 4 saturated carbocycles. The number of alkyl halides is 4. The molecule has 1 aliphatic heterocycles. The molecule has 0 spiro atoms. The predicted octanol–water partition coefficient (Wildman–Crippen LogP) is 8.01. The number of halogens is 6. The lowest BCUT2D eigenvalue weighted by Gasteiger charge is -2.59. The quantitative estimate of drug-likeness (QED) is 0.333. The minimum absolute atomic E-state index is 0.0960. The number of nitrogens with zero attached hydrogens (tertiary/aromatic N) is 2. The van der Waals surface area contributed by atoms with Gasteiger partial charge in [-0.2, -0.15) is 5.10 Å². The van der Waals surface area contributed by atoms with E-state index in [0.29, 0.717) is 10.1 Å². The highest BCUT2D eigenvalue weighted by atomic mass is 35.5. The van der Waals surface area contributed by atoms with E-state index >= 15 is 0 Å². The molecule has 0 saturated heterocycles. The number of anilines is 1. The Morgan fingerprint density at radius 3 is 1.88 bits per heavy atom. The topological polar surface area (TPSA) is 15.6 Å². The maximum Gasteiger partial charge on any atom is 0.166 e. The van der Waals surface area contributed by atoms with Gasteiger partial charge < -0.3 is 0 Å². The fourth-order valence-corrected chi connectivity index (χ4v) is 11.0. The molecule has 0 aromatic heterocycles. The number of fused-ring (bicyclic) bond motifs is 3. The Morgan fingerprint density at radius 1 is 0.735 bits per heavy atom. The molecule has 2 unspecified atom stereocenters. The van der Waals surface area contributed by atoms with E-state index in [0.717, 1.165) is 29.8 Å². The second-order valence-electron chi connectivity index (χ2n) is 10.1. The fraction of sp³-hybridized carbons (Fsp3) is 0.423. The van der Waals surface area contributed by atoms with Gasteiger partial charge in [-0.1, -0.05) is 94.9 Å². The van der Waals surface area contributed by atoms with Crippen LogP contribution in [0.2, 0.25) is 0 Å². The van der Waals surface area contributed by atoms with Gasteiger partial charge in [0.15, 0.2) is 4.33 Å².